The first-order valence-electron chi connectivity index (χ1n) is 10.0. The smallest absolute Gasteiger partial charge is 0.255 e. The molecule has 1 fully saturated rings. The largest absolute Gasteiger partial charge is 0.508 e. The first-order chi connectivity index (χ1) is 14.8. The molecule has 32 heavy (non-hydrogen) atoms. The molecule has 7 N–H and O–H groups in total. The molecule has 0 bridgehead atoms. The summed E-state index contributed by atoms with van der Waals surface area (Å²) in [5.41, 5.74) is 2.11. The van der Waals surface area contributed by atoms with E-state index in [4.69, 9.17) is 5.73 Å². The zero-order valence-corrected chi connectivity index (χ0v) is 17.7. The van der Waals surface area contributed by atoms with Gasteiger partial charge in [0.1, 0.15) is 22.8 Å². The minimum atomic E-state index is -2.83. The Morgan fingerprint density at radius 2 is 1.81 bits per heavy atom. The van der Waals surface area contributed by atoms with Crippen LogP contribution in [0.3, 0.4) is 0 Å². The molecule has 1 aromatic carbocycles. The van der Waals surface area contributed by atoms with Gasteiger partial charge in [0.05, 0.1) is 11.7 Å². The lowest BCUT2D eigenvalue weighted by molar-refractivity contribution is -0.160. The Kier molecular flexibility index (Phi) is 4.65. The number of phenols is 1. The SMILES string of the molecule is CC1c2c(N(C)C)ccc(O)c2C(O)=C2C(=O)C3(O)C(O)=C(C(N)=O)C(=O)CC3C(O)C21. The maximum absolute atomic E-state index is 13.5. The van der Waals surface area contributed by atoms with Gasteiger partial charge in [-0.15, -0.1) is 0 Å². The average Bonchev–Trinajstić information content (AvgIpc) is 2.70. The number of carbonyl (C=O) groups is 3. The average molecular weight is 444 g/mol. The van der Waals surface area contributed by atoms with E-state index >= 15 is 0 Å². The fraction of sp³-hybridized carbons (Fsp3) is 0.409. The maximum Gasteiger partial charge on any atom is 0.255 e. The molecule has 5 unspecified atom stereocenters. The van der Waals surface area contributed by atoms with Crippen LogP contribution in [0.1, 0.15) is 30.4 Å². The summed E-state index contributed by atoms with van der Waals surface area (Å²) < 4.78 is 0. The molecule has 1 saturated carbocycles. The molecule has 0 radical (unpaired) electrons. The number of nitrogens with two attached hydrogens (primary N) is 1. The monoisotopic (exact) mass is 444 g/mol. The van der Waals surface area contributed by atoms with E-state index in [2.05, 4.69) is 0 Å². The zero-order chi connectivity index (χ0) is 23.9. The third kappa shape index (κ3) is 2.50. The lowest BCUT2D eigenvalue weighted by Crippen LogP contribution is -2.64. The summed E-state index contributed by atoms with van der Waals surface area (Å²) >= 11 is 0. The number of carbonyl (C=O) groups excluding carboxylic acids is 3. The predicted molar refractivity (Wildman–Crippen MR) is 112 cm³/mol. The standard InChI is InChI=1S/C22H24N2O8/c1-7-12-9(24(2)3)4-5-10(25)14(12)18(28)16-13(7)17(27)8-6-11(26)15(21(23)31)19(29)22(8,32)20(16)30/h4-5,7-8,13,17,25,27-29,32H,6H2,1-3H3,(H2,23,31). The Labute approximate surface area is 182 Å². The van der Waals surface area contributed by atoms with Gasteiger partial charge in [0.15, 0.2) is 11.4 Å². The van der Waals surface area contributed by atoms with E-state index in [-0.39, 0.29) is 11.3 Å². The second kappa shape index (κ2) is 6.81. The minimum Gasteiger partial charge on any atom is -0.508 e. The molecule has 4 rings (SSSR count). The van der Waals surface area contributed by atoms with Crippen molar-refractivity contribution >= 4 is 28.9 Å². The number of hydrogen-bond donors (Lipinski definition) is 6. The summed E-state index contributed by atoms with van der Waals surface area (Å²) in [6.07, 6.45) is -2.15. The van der Waals surface area contributed by atoms with Crippen molar-refractivity contribution in [3.63, 3.8) is 0 Å². The molecule has 0 saturated heterocycles. The second-order valence-corrected chi connectivity index (χ2v) is 8.77. The van der Waals surface area contributed by atoms with Crippen LogP contribution in [0.4, 0.5) is 5.69 Å². The molecule has 0 aliphatic heterocycles. The number of Topliss-reactive ketones (excluding diaryl/α,β-unsaturated/α-hetero) is 2. The molecule has 0 aromatic heterocycles. The van der Waals surface area contributed by atoms with Crippen LogP contribution in [0, 0.1) is 11.8 Å². The van der Waals surface area contributed by atoms with Crippen molar-refractivity contribution in [2.24, 2.45) is 17.6 Å². The molecular formula is C22H24N2O8. The Balaban J connectivity index is 2.04. The number of fused-ring (bicyclic) bond motifs is 3. The summed E-state index contributed by atoms with van der Waals surface area (Å²) in [4.78, 5) is 39.4. The molecule has 3 aliphatic carbocycles. The fourth-order valence-corrected chi connectivity index (χ4v) is 5.45. The first-order valence-corrected chi connectivity index (χ1v) is 10.0. The van der Waals surface area contributed by atoms with Crippen LogP contribution in [-0.4, -0.2) is 68.8 Å². The molecule has 1 amide bonds. The highest BCUT2D eigenvalue weighted by Crippen LogP contribution is 2.56. The molecule has 0 heterocycles. The van der Waals surface area contributed by atoms with Crippen molar-refractivity contribution in [3.05, 3.63) is 40.2 Å². The van der Waals surface area contributed by atoms with Crippen LogP contribution in [0.5, 0.6) is 5.75 Å². The molecule has 0 spiro atoms. The third-order valence-corrected chi connectivity index (χ3v) is 6.94. The maximum atomic E-state index is 13.5. The van der Waals surface area contributed by atoms with E-state index in [9.17, 15) is 39.9 Å². The van der Waals surface area contributed by atoms with Crippen molar-refractivity contribution < 1.29 is 39.9 Å². The number of ketones is 2. The van der Waals surface area contributed by atoms with Crippen LogP contribution in [0.2, 0.25) is 0 Å². The summed E-state index contributed by atoms with van der Waals surface area (Å²) in [6, 6.07) is 2.98. The van der Waals surface area contributed by atoms with Crippen LogP contribution < -0.4 is 10.6 Å². The lowest BCUT2D eigenvalue weighted by atomic mass is 9.55. The molecule has 5 atom stereocenters. The normalized spacial score (nSPS) is 31.8. The van der Waals surface area contributed by atoms with Crippen LogP contribution >= 0.6 is 0 Å². The molecule has 10 heteroatoms. The van der Waals surface area contributed by atoms with Gasteiger partial charge in [-0.25, -0.2) is 0 Å². The highest BCUT2D eigenvalue weighted by Gasteiger charge is 2.65. The van der Waals surface area contributed by atoms with Crippen molar-refractivity contribution in [1.29, 1.82) is 0 Å². The van der Waals surface area contributed by atoms with Gasteiger partial charge >= 0.3 is 0 Å². The van der Waals surface area contributed by atoms with Crippen molar-refractivity contribution in [2.75, 3.05) is 19.0 Å². The highest BCUT2D eigenvalue weighted by atomic mass is 16.4. The number of primary amides is 1. The number of rotatable bonds is 2. The van der Waals surface area contributed by atoms with E-state index in [0.717, 1.165) is 0 Å². The van der Waals surface area contributed by atoms with E-state index in [1.165, 1.54) is 6.07 Å². The first kappa shape index (κ1) is 21.8. The van der Waals surface area contributed by atoms with Gasteiger partial charge in [0, 0.05) is 43.6 Å². The molecular weight excluding hydrogens is 420 g/mol. The van der Waals surface area contributed by atoms with Crippen LogP contribution in [0.25, 0.3) is 5.76 Å². The van der Waals surface area contributed by atoms with E-state index < -0.39 is 76.0 Å². The second-order valence-electron chi connectivity index (χ2n) is 8.77. The topological polar surface area (TPSA) is 182 Å². The zero-order valence-electron chi connectivity index (χ0n) is 17.7. The Morgan fingerprint density at radius 3 is 2.38 bits per heavy atom. The molecule has 1 aromatic rings. The number of benzene rings is 1. The number of aliphatic hydroxyl groups excluding tert-OH is 3. The predicted octanol–water partition coefficient (Wildman–Crippen LogP) is 0.0217. The van der Waals surface area contributed by atoms with Crippen molar-refractivity contribution in [2.45, 2.75) is 31.0 Å². The summed E-state index contributed by atoms with van der Waals surface area (Å²) in [7, 11) is 3.51. The van der Waals surface area contributed by atoms with Gasteiger partial charge < -0.3 is 36.2 Å². The number of phenolic OH excluding ortho intramolecular Hbond substituents is 1. The van der Waals surface area contributed by atoms with Gasteiger partial charge in [-0.1, -0.05) is 6.92 Å². The molecule has 10 nitrogen and oxygen atoms in total. The highest BCUT2D eigenvalue weighted by molar-refractivity contribution is 6.23. The van der Waals surface area contributed by atoms with Crippen molar-refractivity contribution in [3.8, 4) is 5.75 Å². The summed E-state index contributed by atoms with van der Waals surface area (Å²) in [6.45, 7) is 1.69. The van der Waals surface area contributed by atoms with Gasteiger partial charge in [-0.05, 0) is 23.6 Å². The van der Waals surface area contributed by atoms with Gasteiger partial charge in [0.2, 0.25) is 5.78 Å². The third-order valence-electron chi connectivity index (χ3n) is 6.94. The van der Waals surface area contributed by atoms with E-state index in [1.54, 1.807) is 32.0 Å². The lowest BCUT2D eigenvalue weighted by Gasteiger charge is -2.50. The number of aliphatic hydroxyl groups is 4. The number of hydrogen-bond acceptors (Lipinski definition) is 9. The molecule has 3 aliphatic rings. The number of anilines is 1. The Hall–Kier alpha value is -3.37. The van der Waals surface area contributed by atoms with E-state index in [1.807, 2.05) is 0 Å². The number of aromatic hydroxyl groups is 1. The van der Waals surface area contributed by atoms with Gasteiger partial charge in [-0.2, -0.15) is 0 Å². The van der Waals surface area contributed by atoms with Crippen LogP contribution in [-0.2, 0) is 14.4 Å². The van der Waals surface area contributed by atoms with Crippen molar-refractivity contribution in [1.82, 2.24) is 0 Å². The quantitative estimate of drug-likeness (QED) is 0.343. The Bertz CT molecular complexity index is 1150. The van der Waals surface area contributed by atoms with E-state index in [0.29, 0.717) is 11.3 Å². The summed E-state index contributed by atoms with van der Waals surface area (Å²) in [5.74, 6) is -8.71. The molecule has 170 valence electrons. The minimum absolute atomic E-state index is 0.0250. The van der Waals surface area contributed by atoms with Gasteiger partial charge in [-0.3, -0.25) is 14.4 Å². The fourth-order valence-electron chi connectivity index (χ4n) is 5.45. The van der Waals surface area contributed by atoms with Gasteiger partial charge in [0.25, 0.3) is 5.91 Å². The Morgan fingerprint density at radius 1 is 1.19 bits per heavy atom. The number of amides is 1. The number of nitrogens with zero attached hydrogens (tertiary/aromatic N) is 1. The van der Waals surface area contributed by atoms with Crippen LogP contribution in [0.15, 0.2) is 29.0 Å². The summed E-state index contributed by atoms with van der Waals surface area (Å²) in [5, 5.41) is 54.6.